The van der Waals surface area contributed by atoms with Crippen LogP contribution in [0.5, 0.6) is 0 Å². The van der Waals surface area contributed by atoms with Crippen molar-refractivity contribution in [2.24, 2.45) is 0 Å². The average Bonchev–Trinajstić information content (AvgIpc) is 2.98. The zero-order chi connectivity index (χ0) is 16.2. The minimum Gasteiger partial charge on any atom is -0.391 e. The summed E-state index contributed by atoms with van der Waals surface area (Å²) in [6, 6.07) is 14.2. The van der Waals surface area contributed by atoms with Crippen LogP contribution in [0.4, 0.5) is 0 Å². The standard InChI is InChI=1S/C19H23N3O/c1-14-7-6-10-22-17(13-21-19(14)22)12-20-15(2)18(23)11-16-8-4-3-5-9-16/h3-10,13,15,18,20,23H,11-12H2,1-2H3. The van der Waals surface area contributed by atoms with E-state index in [4.69, 9.17) is 0 Å². The van der Waals surface area contributed by atoms with Crippen molar-refractivity contribution in [3.63, 3.8) is 0 Å². The number of fused-ring (bicyclic) bond motifs is 1. The van der Waals surface area contributed by atoms with Gasteiger partial charge in [0.05, 0.1) is 18.0 Å². The molecule has 2 heterocycles. The number of imidazole rings is 1. The second-order valence-corrected chi connectivity index (χ2v) is 6.06. The molecule has 2 unspecified atom stereocenters. The zero-order valence-corrected chi connectivity index (χ0v) is 13.6. The van der Waals surface area contributed by atoms with Gasteiger partial charge in [-0.15, -0.1) is 0 Å². The van der Waals surface area contributed by atoms with E-state index >= 15 is 0 Å². The Kier molecular flexibility index (Phi) is 4.74. The number of nitrogens with zero attached hydrogens (tertiary/aromatic N) is 2. The molecule has 0 radical (unpaired) electrons. The van der Waals surface area contributed by atoms with Gasteiger partial charge >= 0.3 is 0 Å². The summed E-state index contributed by atoms with van der Waals surface area (Å²) >= 11 is 0. The minimum atomic E-state index is -0.418. The van der Waals surface area contributed by atoms with Crippen molar-refractivity contribution in [1.82, 2.24) is 14.7 Å². The molecular formula is C19H23N3O. The molecule has 2 aromatic heterocycles. The third-order valence-electron chi connectivity index (χ3n) is 4.28. The number of pyridine rings is 1. The number of aromatic nitrogens is 2. The van der Waals surface area contributed by atoms with E-state index < -0.39 is 6.10 Å². The number of hydrogen-bond donors (Lipinski definition) is 2. The van der Waals surface area contributed by atoms with Crippen LogP contribution in [0.25, 0.3) is 5.65 Å². The molecule has 0 spiro atoms. The number of hydrogen-bond acceptors (Lipinski definition) is 3. The summed E-state index contributed by atoms with van der Waals surface area (Å²) in [5, 5.41) is 13.8. The molecule has 4 nitrogen and oxygen atoms in total. The Hall–Kier alpha value is -2.17. The van der Waals surface area contributed by atoms with E-state index in [1.807, 2.05) is 55.7 Å². The van der Waals surface area contributed by atoms with Gasteiger partial charge in [0.25, 0.3) is 0 Å². The smallest absolute Gasteiger partial charge is 0.139 e. The molecule has 120 valence electrons. The SMILES string of the molecule is Cc1cccn2c(CNC(C)C(O)Cc3ccccc3)cnc12. The van der Waals surface area contributed by atoms with Crippen LogP contribution in [-0.4, -0.2) is 26.6 Å². The van der Waals surface area contributed by atoms with E-state index in [1.165, 1.54) is 0 Å². The van der Waals surface area contributed by atoms with Crippen LogP contribution in [-0.2, 0) is 13.0 Å². The predicted molar refractivity (Wildman–Crippen MR) is 92.4 cm³/mol. The van der Waals surface area contributed by atoms with Gasteiger partial charge in [0.15, 0.2) is 0 Å². The van der Waals surface area contributed by atoms with Gasteiger partial charge in [0, 0.05) is 18.8 Å². The molecule has 2 N–H and O–H groups in total. The fraction of sp³-hybridized carbons (Fsp3) is 0.316. The lowest BCUT2D eigenvalue weighted by molar-refractivity contribution is 0.133. The van der Waals surface area contributed by atoms with Crippen molar-refractivity contribution < 1.29 is 5.11 Å². The highest BCUT2D eigenvalue weighted by Gasteiger charge is 2.15. The van der Waals surface area contributed by atoms with Gasteiger partial charge in [0.1, 0.15) is 5.65 Å². The molecule has 0 aliphatic rings. The van der Waals surface area contributed by atoms with Crippen LogP contribution < -0.4 is 5.32 Å². The van der Waals surface area contributed by atoms with Crippen LogP contribution in [0.2, 0.25) is 0 Å². The molecule has 0 aliphatic carbocycles. The Labute approximate surface area is 136 Å². The molecule has 0 saturated heterocycles. The first-order chi connectivity index (χ1) is 11.1. The third-order valence-corrected chi connectivity index (χ3v) is 4.28. The normalized spacial score (nSPS) is 14.0. The van der Waals surface area contributed by atoms with Gasteiger partial charge in [-0.25, -0.2) is 4.98 Å². The maximum Gasteiger partial charge on any atom is 0.139 e. The molecule has 1 aromatic carbocycles. The highest BCUT2D eigenvalue weighted by atomic mass is 16.3. The summed E-state index contributed by atoms with van der Waals surface area (Å²) in [7, 11) is 0. The zero-order valence-electron chi connectivity index (χ0n) is 13.6. The predicted octanol–water partition coefficient (Wildman–Crippen LogP) is 2.72. The summed E-state index contributed by atoms with van der Waals surface area (Å²) in [6.07, 6.45) is 4.16. The lowest BCUT2D eigenvalue weighted by atomic mass is 10.0. The summed E-state index contributed by atoms with van der Waals surface area (Å²) in [6.45, 7) is 4.76. The summed E-state index contributed by atoms with van der Waals surface area (Å²) in [5.74, 6) is 0. The summed E-state index contributed by atoms with van der Waals surface area (Å²) < 4.78 is 2.10. The number of aliphatic hydroxyl groups excluding tert-OH is 1. The Morgan fingerprint density at radius 3 is 2.74 bits per heavy atom. The van der Waals surface area contributed by atoms with E-state index in [2.05, 4.69) is 27.7 Å². The monoisotopic (exact) mass is 309 g/mol. The fourth-order valence-corrected chi connectivity index (χ4v) is 2.77. The van der Waals surface area contributed by atoms with E-state index in [-0.39, 0.29) is 6.04 Å². The molecule has 3 rings (SSSR count). The highest BCUT2D eigenvalue weighted by Crippen LogP contribution is 2.12. The topological polar surface area (TPSA) is 49.6 Å². The molecule has 3 aromatic rings. The Morgan fingerprint density at radius 2 is 1.96 bits per heavy atom. The van der Waals surface area contributed by atoms with Crippen LogP contribution >= 0.6 is 0 Å². The maximum absolute atomic E-state index is 10.4. The Bertz CT molecular complexity index is 767. The highest BCUT2D eigenvalue weighted by molar-refractivity contribution is 5.48. The number of benzene rings is 1. The van der Waals surface area contributed by atoms with Crippen molar-refractivity contribution in [2.45, 2.75) is 39.0 Å². The molecule has 0 bridgehead atoms. The van der Waals surface area contributed by atoms with E-state index in [0.29, 0.717) is 13.0 Å². The van der Waals surface area contributed by atoms with Crippen LogP contribution in [0.3, 0.4) is 0 Å². The first-order valence-electron chi connectivity index (χ1n) is 8.02. The van der Waals surface area contributed by atoms with Gasteiger partial charge in [0.2, 0.25) is 0 Å². The van der Waals surface area contributed by atoms with Gasteiger partial charge < -0.3 is 14.8 Å². The lowest BCUT2D eigenvalue weighted by Gasteiger charge is -2.20. The fourth-order valence-electron chi connectivity index (χ4n) is 2.77. The first-order valence-corrected chi connectivity index (χ1v) is 8.02. The average molecular weight is 309 g/mol. The van der Waals surface area contributed by atoms with E-state index in [9.17, 15) is 5.11 Å². The largest absolute Gasteiger partial charge is 0.391 e. The van der Waals surface area contributed by atoms with Crippen molar-refractivity contribution in [3.8, 4) is 0 Å². The molecular weight excluding hydrogens is 286 g/mol. The van der Waals surface area contributed by atoms with Crippen LogP contribution in [0.1, 0.15) is 23.7 Å². The molecule has 0 amide bonds. The minimum absolute atomic E-state index is 0.00515. The molecule has 2 atom stereocenters. The third kappa shape index (κ3) is 3.60. The number of rotatable bonds is 6. The van der Waals surface area contributed by atoms with E-state index in [0.717, 1.165) is 22.5 Å². The molecule has 0 saturated carbocycles. The number of nitrogens with one attached hydrogen (secondary N) is 1. The molecule has 0 fully saturated rings. The quantitative estimate of drug-likeness (QED) is 0.736. The first kappa shape index (κ1) is 15.7. The second-order valence-electron chi connectivity index (χ2n) is 6.06. The lowest BCUT2D eigenvalue weighted by Crippen LogP contribution is -2.38. The Balaban J connectivity index is 1.61. The van der Waals surface area contributed by atoms with Crippen molar-refractivity contribution in [3.05, 3.63) is 71.7 Å². The van der Waals surface area contributed by atoms with Gasteiger partial charge in [-0.2, -0.15) is 0 Å². The van der Waals surface area contributed by atoms with Crippen molar-refractivity contribution in [1.29, 1.82) is 0 Å². The van der Waals surface area contributed by atoms with Gasteiger partial charge in [-0.3, -0.25) is 0 Å². The number of aryl methyl sites for hydroxylation is 1. The second kappa shape index (κ2) is 6.94. The van der Waals surface area contributed by atoms with Gasteiger partial charge in [-0.05, 0) is 37.5 Å². The van der Waals surface area contributed by atoms with Crippen molar-refractivity contribution >= 4 is 5.65 Å². The molecule has 23 heavy (non-hydrogen) atoms. The van der Waals surface area contributed by atoms with Crippen LogP contribution in [0, 0.1) is 6.92 Å². The number of aliphatic hydroxyl groups is 1. The summed E-state index contributed by atoms with van der Waals surface area (Å²) in [5.41, 5.74) is 4.40. The molecule has 0 aliphatic heterocycles. The van der Waals surface area contributed by atoms with Crippen LogP contribution in [0.15, 0.2) is 54.9 Å². The van der Waals surface area contributed by atoms with Crippen molar-refractivity contribution in [2.75, 3.05) is 0 Å². The Morgan fingerprint density at radius 1 is 1.17 bits per heavy atom. The van der Waals surface area contributed by atoms with E-state index in [1.54, 1.807) is 0 Å². The summed E-state index contributed by atoms with van der Waals surface area (Å²) in [4.78, 5) is 4.47. The molecule has 4 heteroatoms. The maximum atomic E-state index is 10.4. The van der Waals surface area contributed by atoms with Gasteiger partial charge in [-0.1, -0.05) is 36.4 Å².